The lowest BCUT2D eigenvalue weighted by atomic mass is 9.69. The first-order valence-corrected chi connectivity index (χ1v) is 9.65. The molecule has 2 fully saturated rings. The smallest absolute Gasteiger partial charge is 0.0561 e. The first-order valence-electron chi connectivity index (χ1n) is 9.65. The molecule has 4 nitrogen and oxygen atoms in total. The van der Waals surface area contributed by atoms with Gasteiger partial charge in [-0.05, 0) is 62.8 Å². The summed E-state index contributed by atoms with van der Waals surface area (Å²) in [6, 6.07) is 20.4. The second-order valence-electron chi connectivity index (χ2n) is 7.16. The van der Waals surface area contributed by atoms with Crippen molar-refractivity contribution in [3.05, 3.63) is 60.7 Å². The molecule has 0 aliphatic heterocycles. The summed E-state index contributed by atoms with van der Waals surface area (Å²) in [7, 11) is 0. The number of anilines is 2. The lowest BCUT2D eigenvalue weighted by Crippen LogP contribution is -2.37. The molecule has 2 aromatic rings. The van der Waals surface area contributed by atoms with E-state index < -0.39 is 0 Å². The van der Waals surface area contributed by atoms with Crippen LogP contribution in [-0.4, -0.2) is 11.4 Å². The molecule has 134 valence electrons. The molecule has 0 radical (unpaired) electrons. The van der Waals surface area contributed by atoms with Crippen molar-refractivity contribution in [3.8, 4) is 0 Å². The monoisotopic (exact) mass is 346 g/mol. The zero-order valence-corrected chi connectivity index (χ0v) is 15.1. The fourth-order valence-corrected chi connectivity index (χ4v) is 4.15. The van der Waals surface area contributed by atoms with Gasteiger partial charge in [0.15, 0.2) is 0 Å². The maximum absolute atomic E-state index is 4.78. The molecule has 0 amide bonds. The van der Waals surface area contributed by atoms with Gasteiger partial charge in [0.25, 0.3) is 0 Å². The fourth-order valence-electron chi connectivity index (χ4n) is 4.15. The minimum atomic E-state index is 0.532. The molecule has 2 aliphatic rings. The second kappa shape index (κ2) is 8.17. The fraction of sp³-hybridized carbons (Fsp3) is 0.364. The summed E-state index contributed by atoms with van der Waals surface area (Å²) in [4.78, 5) is 0. The summed E-state index contributed by atoms with van der Waals surface area (Å²) >= 11 is 0. The Labute approximate surface area is 155 Å². The molecule has 26 heavy (non-hydrogen) atoms. The van der Waals surface area contributed by atoms with Crippen LogP contribution in [0.5, 0.6) is 0 Å². The molecular formula is C22H26N4. The SMILES string of the molecule is c1ccc(N/N=C2\CCC[C@H]3/C(=N/Nc4ccccc4)CCC[C@H]23)cc1. The third-order valence-corrected chi connectivity index (χ3v) is 5.44. The van der Waals surface area contributed by atoms with Gasteiger partial charge in [0.2, 0.25) is 0 Å². The quantitative estimate of drug-likeness (QED) is 0.716. The molecule has 2 N–H and O–H groups in total. The normalized spacial score (nSPS) is 25.7. The number of fused-ring (bicyclic) bond motifs is 1. The van der Waals surface area contributed by atoms with Gasteiger partial charge in [0.1, 0.15) is 0 Å². The van der Waals surface area contributed by atoms with E-state index in [4.69, 9.17) is 10.2 Å². The van der Waals surface area contributed by atoms with Crippen LogP contribution in [0, 0.1) is 11.8 Å². The van der Waals surface area contributed by atoms with Crippen LogP contribution in [0.2, 0.25) is 0 Å². The molecule has 0 aromatic heterocycles. The third kappa shape index (κ3) is 3.96. The molecular weight excluding hydrogens is 320 g/mol. The minimum absolute atomic E-state index is 0.532. The highest BCUT2D eigenvalue weighted by Gasteiger charge is 2.36. The van der Waals surface area contributed by atoms with E-state index in [0.29, 0.717) is 11.8 Å². The minimum Gasteiger partial charge on any atom is -0.279 e. The van der Waals surface area contributed by atoms with Gasteiger partial charge in [-0.3, -0.25) is 10.9 Å². The number of hydrogen-bond acceptors (Lipinski definition) is 4. The summed E-state index contributed by atoms with van der Waals surface area (Å²) in [6.07, 6.45) is 7.04. The first kappa shape index (κ1) is 16.8. The van der Waals surface area contributed by atoms with Crippen LogP contribution in [-0.2, 0) is 0 Å². The molecule has 4 heteroatoms. The molecule has 0 bridgehead atoms. The Morgan fingerprint density at radius 3 is 1.46 bits per heavy atom. The van der Waals surface area contributed by atoms with Crippen molar-refractivity contribution >= 4 is 22.8 Å². The average Bonchev–Trinajstić information content (AvgIpc) is 2.72. The van der Waals surface area contributed by atoms with Crippen LogP contribution >= 0.6 is 0 Å². The predicted octanol–water partition coefficient (Wildman–Crippen LogP) is 5.52. The standard InChI is InChI=1S/C22H26N4/c1-3-9-17(10-4-1)23-25-21-15-7-14-20-19(21)13-8-16-22(20)26-24-18-11-5-2-6-12-18/h1-6,9-12,19-20,23-24H,7-8,13-16H2/b25-21+,26-22+/t19-,20+. The van der Waals surface area contributed by atoms with Crippen molar-refractivity contribution in [2.24, 2.45) is 22.0 Å². The van der Waals surface area contributed by atoms with Gasteiger partial charge in [0, 0.05) is 23.3 Å². The number of para-hydroxylation sites is 2. The van der Waals surface area contributed by atoms with Gasteiger partial charge in [-0.2, -0.15) is 10.2 Å². The lowest BCUT2D eigenvalue weighted by Gasteiger charge is -2.37. The Balaban J connectivity index is 1.48. The van der Waals surface area contributed by atoms with Crippen molar-refractivity contribution < 1.29 is 0 Å². The Morgan fingerprint density at radius 1 is 0.615 bits per heavy atom. The molecule has 0 saturated heterocycles. The van der Waals surface area contributed by atoms with Crippen LogP contribution in [0.25, 0.3) is 0 Å². The van der Waals surface area contributed by atoms with E-state index >= 15 is 0 Å². The van der Waals surface area contributed by atoms with Crippen LogP contribution in [0.1, 0.15) is 38.5 Å². The number of hydrogen-bond donors (Lipinski definition) is 2. The van der Waals surface area contributed by atoms with Crippen molar-refractivity contribution in [2.75, 3.05) is 10.9 Å². The van der Waals surface area contributed by atoms with E-state index in [9.17, 15) is 0 Å². The molecule has 0 heterocycles. The highest BCUT2D eigenvalue weighted by molar-refractivity contribution is 5.97. The summed E-state index contributed by atoms with van der Waals surface area (Å²) < 4.78 is 0. The van der Waals surface area contributed by atoms with E-state index in [1.807, 2.05) is 36.4 Å². The number of rotatable bonds is 4. The van der Waals surface area contributed by atoms with Gasteiger partial charge in [-0.15, -0.1) is 0 Å². The first-order chi connectivity index (χ1) is 12.9. The Bertz CT molecular complexity index is 700. The molecule has 2 atom stereocenters. The lowest BCUT2D eigenvalue weighted by molar-refractivity contribution is 0.385. The van der Waals surface area contributed by atoms with Gasteiger partial charge >= 0.3 is 0 Å². The third-order valence-electron chi connectivity index (χ3n) is 5.44. The summed E-state index contributed by atoms with van der Waals surface area (Å²) in [5.74, 6) is 1.06. The largest absolute Gasteiger partial charge is 0.279 e. The van der Waals surface area contributed by atoms with Crippen molar-refractivity contribution in [2.45, 2.75) is 38.5 Å². The van der Waals surface area contributed by atoms with E-state index in [1.165, 1.54) is 37.1 Å². The van der Waals surface area contributed by atoms with Crippen LogP contribution in [0.15, 0.2) is 70.9 Å². The number of nitrogens with zero attached hydrogens (tertiary/aromatic N) is 2. The van der Waals surface area contributed by atoms with Crippen LogP contribution in [0.4, 0.5) is 11.4 Å². The number of hydrazone groups is 2. The molecule has 0 unspecified atom stereocenters. The van der Waals surface area contributed by atoms with E-state index in [-0.39, 0.29) is 0 Å². The van der Waals surface area contributed by atoms with Crippen LogP contribution < -0.4 is 10.9 Å². The van der Waals surface area contributed by atoms with Gasteiger partial charge in [0.05, 0.1) is 11.4 Å². The van der Waals surface area contributed by atoms with Crippen molar-refractivity contribution in [1.82, 2.24) is 0 Å². The van der Waals surface area contributed by atoms with E-state index in [1.54, 1.807) is 0 Å². The van der Waals surface area contributed by atoms with Crippen molar-refractivity contribution in [1.29, 1.82) is 0 Å². The highest BCUT2D eigenvalue weighted by Crippen LogP contribution is 2.38. The summed E-state index contributed by atoms with van der Waals surface area (Å²) in [5, 5.41) is 9.56. The van der Waals surface area contributed by atoms with E-state index in [0.717, 1.165) is 24.2 Å². The van der Waals surface area contributed by atoms with Crippen LogP contribution in [0.3, 0.4) is 0 Å². The molecule has 2 saturated carbocycles. The van der Waals surface area contributed by atoms with E-state index in [2.05, 4.69) is 35.1 Å². The zero-order chi connectivity index (χ0) is 17.6. The topological polar surface area (TPSA) is 48.8 Å². The maximum atomic E-state index is 4.78. The Hall–Kier alpha value is -2.62. The van der Waals surface area contributed by atoms with Crippen molar-refractivity contribution in [3.63, 3.8) is 0 Å². The average molecular weight is 346 g/mol. The van der Waals surface area contributed by atoms with Gasteiger partial charge in [-0.25, -0.2) is 0 Å². The molecule has 2 aliphatic carbocycles. The Kier molecular flexibility index (Phi) is 5.29. The zero-order valence-electron chi connectivity index (χ0n) is 15.1. The van der Waals surface area contributed by atoms with Gasteiger partial charge in [-0.1, -0.05) is 36.4 Å². The highest BCUT2D eigenvalue weighted by atomic mass is 15.3. The molecule has 4 rings (SSSR count). The molecule has 0 spiro atoms. The predicted molar refractivity (Wildman–Crippen MR) is 110 cm³/mol. The van der Waals surface area contributed by atoms with Gasteiger partial charge < -0.3 is 0 Å². The maximum Gasteiger partial charge on any atom is 0.0561 e. The Morgan fingerprint density at radius 2 is 1.04 bits per heavy atom. The summed E-state index contributed by atoms with van der Waals surface area (Å²) in [6.45, 7) is 0. The summed E-state index contributed by atoms with van der Waals surface area (Å²) in [5.41, 5.74) is 11.2. The number of nitrogens with one attached hydrogen (secondary N) is 2. The molecule has 2 aromatic carbocycles. The second-order valence-corrected chi connectivity index (χ2v) is 7.16. The number of benzene rings is 2.